The van der Waals surface area contributed by atoms with Gasteiger partial charge in [0.1, 0.15) is 11.6 Å². The smallest absolute Gasteiger partial charge is 0.230 e. The Balaban J connectivity index is 0.000000287. The van der Waals surface area contributed by atoms with E-state index in [1.54, 1.807) is 24.3 Å². The van der Waals surface area contributed by atoms with Gasteiger partial charge in [0.2, 0.25) is 21.8 Å². The first-order chi connectivity index (χ1) is 16.1. The molecule has 0 aliphatic rings. The van der Waals surface area contributed by atoms with Gasteiger partial charge >= 0.3 is 0 Å². The number of hydrogen-bond acceptors (Lipinski definition) is 9. The molecule has 9 nitrogen and oxygen atoms in total. The third-order valence-electron chi connectivity index (χ3n) is 3.97. The molecule has 5 N–H and O–H groups in total. The Morgan fingerprint density at radius 1 is 0.657 bits per heavy atom. The minimum atomic E-state index is 0. The Hall–Kier alpha value is -3.27. The summed E-state index contributed by atoms with van der Waals surface area (Å²) in [5.41, 5.74) is 14.6. The zero-order valence-corrected chi connectivity index (χ0v) is 21.1. The predicted molar refractivity (Wildman–Crippen MR) is 145 cm³/mol. The fourth-order valence-corrected chi connectivity index (χ4v) is 3.03. The Kier molecular flexibility index (Phi) is 12.6. The average Bonchev–Trinajstić information content (AvgIpc) is 2.76. The second kappa shape index (κ2) is 14.9. The first kappa shape index (κ1) is 29.8. The third-order valence-corrected chi connectivity index (χ3v) is 4.47. The van der Waals surface area contributed by atoms with Crippen molar-refractivity contribution in [2.45, 2.75) is 34.6 Å². The van der Waals surface area contributed by atoms with E-state index in [9.17, 15) is 0 Å². The largest absolute Gasteiger partial charge is 0.399 e. The molecular formula is C23H28Cl3N9. The summed E-state index contributed by atoms with van der Waals surface area (Å²) in [4.78, 5) is 23.0. The molecule has 0 saturated heterocycles. The number of benzene rings is 2. The van der Waals surface area contributed by atoms with Crippen LogP contribution in [0.3, 0.4) is 0 Å². The Labute approximate surface area is 220 Å². The van der Waals surface area contributed by atoms with Crippen LogP contribution in [0.5, 0.6) is 0 Å². The van der Waals surface area contributed by atoms with E-state index in [4.69, 9.17) is 46.3 Å². The molecule has 186 valence electrons. The first-order valence-corrected chi connectivity index (χ1v) is 11.2. The maximum Gasteiger partial charge on any atom is 0.230 e. The monoisotopic (exact) mass is 535 g/mol. The molecule has 0 atom stereocenters. The van der Waals surface area contributed by atoms with Crippen molar-refractivity contribution in [3.63, 3.8) is 0 Å². The van der Waals surface area contributed by atoms with Gasteiger partial charge < -0.3 is 16.8 Å². The van der Waals surface area contributed by atoms with E-state index in [1.165, 1.54) is 5.56 Å². The molecule has 0 aliphatic carbocycles. The van der Waals surface area contributed by atoms with Crippen molar-refractivity contribution >= 4 is 57.8 Å². The van der Waals surface area contributed by atoms with Crippen LogP contribution >= 0.6 is 34.8 Å². The molecule has 2 aromatic heterocycles. The molecule has 0 bridgehead atoms. The number of nitrogens with zero attached hydrogens (tertiary/aromatic N) is 6. The molecule has 0 spiro atoms. The molecule has 0 saturated carbocycles. The highest BCUT2D eigenvalue weighted by molar-refractivity contribution is 6.33. The van der Waals surface area contributed by atoms with Crippen LogP contribution < -0.4 is 16.8 Å². The molecule has 4 rings (SSSR count). The molecule has 0 radical (unpaired) electrons. The number of nitrogens with two attached hydrogens (primary N) is 2. The van der Waals surface area contributed by atoms with E-state index in [-0.39, 0.29) is 23.3 Å². The first-order valence-electron chi connectivity index (χ1n) is 10.0. The van der Waals surface area contributed by atoms with Crippen molar-refractivity contribution in [3.05, 3.63) is 81.6 Å². The number of nitrogens with one attached hydrogen (secondary N) is 1. The Morgan fingerprint density at radius 3 is 1.43 bits per heavy atom. The van der Waals surface area contributed by atoms with Crippen molar-refractivity contribution in [1.82, 2.24) is 29.9 Å². The number of halogens is 3. The number of aryl methyl sites for hydroxylation is 3. The fourth-order valence-electron chi connectivity index (χ4n) is 2.42. The summed E-state index contributed by atoms with van der Waals surface area (Å²) >= 11 is 16.0. The van der Waals surface area contributed by atoms with Crippen molar-refractivity contribution in [2.75, 3.05) is 16.8 Å². The van der Waals surface area contributed by atoms with Crippen molar-refractivity contribution in [2.24, 2.45) is 0 Å². The lowest BCUT2D eigenvalue weighted by molar-refractivity contribution is 0.928. The Bertz CT molecular complexity index is 1100. The van der Waals surface area contributed by atoms with E-state index < -0.39 is 0 Å². The van der Waals surface area contributed by atoms with Gasteiger partial charge in [0, 0.05) is 17.1 Å². The molecule has 12 heteroatoms. The summed E-state index contributed by atoms with van der Waals surface area (Å²) in [6.07, 6.45) is 1.05. The predicted octanol–water partition coefficient (Wildman–Crippen LogP) is 6.11. The molecule has 0 amide bonds. The summed E-state index contributed by atoms with van der Waals surface area (Å²) in [6, 6.07) is 15.4. The average molecular weight is 537 g/mol. The van der Waals surface area contributed by atoms with E-state index >= 15 is 0 Å². The van der Waals surface area contributed by atoms with Crippen molar-refractivity contribution in [1.29, 1.82) is 0 Å². The summed E-state index contributed by atoms with van der Waals surface area (Å²) in [5, 5.41) is 3.17. The van der Waals surface area contributed by atoms with Crippen molar-refractivity contribution < 1.29 is 0 Å². The van der Waals surface area contributed by atoms with Crippen LogP contribution in [0.2, 0.25) is 15.9 Å². The van der Waals surface area contributed by atoms with Crippen LogP contribution in [0, 0.1) is 13.8 Å². The molecule has 2 aromatic carbocycles. The van der Waals surface area contributed by atoms with E-state index in [0.29, 0.717) is 5.95 Å². The molecule has 4 aromatic rings. The van der Waals surface area contributed by atoms with Crippen LogP contribution in [0.1, 0.15) is 31.6 Å². The van der Waals surface area contributed by atoms with E-state index in [1.807, 2.05) is 26.0 Å². The second-order valence-corrected chi connectivity index (χ2v) is 7.75. The lowest BCUT2D eigenvalue weighted by Gasteiger charge is -2.06. The SMILES string of the molecule is C.CCc1ccc(Nc2nc(C)nc(C)n2)cc1.Clc1nc(Cl)nc(Cl)n1.Nc1ccc(N)cc1. The molecule has 35 heavy (non-hydrogen) atoms. The van der Waals surface area contributed by atoms with Gasteiger partial charge in [0.25, 0.3) is 0 Å². The maximum atomic E-state index is 5.37. The highest BCUT2D eigenvalue weighted by atomic mass is 35.5. The molecule has 2 heterocycles. The third kappa shape index (κ3) is 11.6. The van der Waals surface area contributed by atoms with Gasteiger partial charge in [-0.3, -0.25) is 0 Å². The van der Waals surface area contributed by atoms with Gasteiger partial charge in [-0.15, -0.1) is 0 Å². The number of hydrogen-bond donors (Lipinski definition) is 3. The van der Waals surface area contributed by atoms with Gasteiger partial charge in [-0.1, -0.05) is 26.5 Å². The summed E-state index contributed by atoms with van der Waals surface area (Å²) in [7, 11) is 0. The fraction of sp³-hybridized carbons (Fsp3) is 0.217. The number of rotatable bonds is 3. The quantitative estimate of drug-likeness (QED) is 0.264. The summed E-state index contributed by atoms with van der Waals surface area (Å²) < 4.78 is 0. The number of aromatic nitrogens is 6. The standard InChI is InChI=1S/C13H16N4.C6H8N2.C3Cl3N3.CH4/c1-4-11-5-7-12(8-6-11)17-13-15-9(2)14-10(3)16-13;7-5-1-2-6(8)4-3-5;4-1-7-2(5)9-3(6)8-1;/h5-8H,4H2,1-3H3,(H,14,15,16,17);1-4H,7-8H2;;1H4. The van der Waals surface area contributed by atoms with Crippen LogP contribution in [-0.2, 0) is 6.42 Å². The van der Waals surface area contributed by atoms with Gasteiger partial charge in [0.05, 0.1) is 0 Å². The second-order valence-electron chi connectivity index (χ2n) is 6.74. The molecule has 0 fully saturated rings. The maximum absolute atomic E-state index is 5.37. The van der Waals surface area contributed by atoms with Crippen LogP contribution in [0.15, 0.2) is 48.5 Å². The highest BCUT2D eigenvalue weighted by Crippen LogP contribution is 2.14. The lowest BCUT2D eigenvalue weighted by Crippen LogP contribution is -2.02. The van der Waals surface area contributed by atoms with E-state index in [0.717, 1.165) is 35.1 Å². The number of anilines is 4. The zero-order valence-electron chi connectivity index (χ0n) is 18.8. The normalized spacial score (nSPS) is 9.54. The van der Waals surface area contributed by atoms with Gasteiger partial charge in [0.15, 0.2) is 0 Å². The van der Waals surface area contributed by atoms with Gasteiger partial charge in [-0.05, 0) is 97.0 Å². The molecular weight excluding hydrogens is 509 g/mol. The summed E-state index contributed by atoms with van der Waals surface area (Å²) in [5.74, 6) is 2.05. The van der Waals surface area contributed by atoms with Crippen LogP contribution in [0.4, 0.5) is 23.0 Å². The molecule has 0 unspecified atom stereocenters. The lowest BCUT2D eigenvalue weighted by atomic mass is 10.1. The molecule has 0 aliphatic heterocycles. The Morgan fingerprint density at radius 2 is 1.06 bits per heavy atom. The van der Waals surface area contributed by atoms with Gasteiger partial charge in [-0.25, -0.2) is 4.98 Å². The minimum Gasteiger partial charge on any atom is -0.399 e. The van der Waals surface area contributed by atoms with Gasteiger partial charge in [-0.2, -0.15) is 24.9 Å². The topological polar surface area (TPSA) is 141 Å². The zero-order chi connectivity index (χ0) is 25.1. The summed E-state index contributed by atoms with van der Waals surface area (Å²) in [6.45, 7) is 5.86. The van der Waals surface area contributed by atoms with Crippen LogP contribution in [0.25, 0.3) is 0 Å². The highest BCUT2D eigenvalue weighted by Gasteiger charge is 2.01. The minimum absolute atomic E-state index is 0. The number of nitrogen functional groups attached to an aromatic ring is 2. The van der Waals surface area contributed by atoms with E-state index in [2.05, 4.69) is 54.3 Å². The van der Waals surface area contributed by atoms with Crippen molar-refractivity contribution in [3.8, 4) is 0 Å². The van der Waals surface area contributed by atoms with Crippen LogP contribution in [-0.4, -0.2) is 29.9 Å².